The minimum absolute atomic E-state index is 0.146. The van der Waals surface area contributed by atoms with Gasteiger partial charge in [-0.05, 0) is 42.8 Å². The number of hydrogen-bond acceptors (Lipinski definition) is 6. The van der Waals surface area contributed by atoms with E-state index < -0.39 is 5.25 Å². The molecule has 3 aromatic rings. The number of nitrogens with zero attached hydrogens (tertiary/aromatic N) is 3. The van der Waals surface area contributed by atoms with Crippen LogP contribution in [0.5, 0.6) is 5.75 Å². The van der Waals surface area contributed by atoms with Crippen LogP contribution in [0.2, 0.25) is 5.02 Å². The molecule has 0 bridgehead atoms. The predicted octanol–water partition coefficient (Wildman–Crippen LogP) is 3.65. The van der Waals surface area contributed by atoms with Crippen molar-refractivity contribution in [3.05, 3.63) is 64.9 Å². The molecule has 0 spiro atoms. The summed E-state index contributed by atoms with van der Waals surface area (Å²) in [4.78, 5) is 13.1. The molecule has 1 aliphatic heterocycles. The highest BCUT2D eigenvalue weighted by atomic mass is 35.5. The Balaban J connectivity index is 1.65. The summed E-state index contributed by atoms with van der Waals surface area (Å²) < 4.78 is 7.05. The van der Waals surface area contributed by atoms with Gasteiger partial charge in [0.25, 0.3) is 0 Å². The van der Waals surface area contributed by atoms with Crippen LogP contribution >= 0.6 is 23.4 Å². The summed E-state index contributed by atoms with van der Waals surface area (Å²) in [6.45, 7) is 1.86. The number of anilines is 1. The highest BCUT2D eigenvalue weighted by molar-refractivity contribution is 8.00. The number of carbonyl (C=O) groups excluding carboxylic acids is 1. The van der Waals surface area contributed by atoms with E-state index in [-0.39, 0.29) is 11.9 Å². The Morgan fingerprint density at radius 1 is 1.25 bits per heavy atom. The molecule has 2 N–H and O–H groups in total. The van der Waals surface area contributed by atoms with Gasteiger partial charge in [-0.15, -0.1) is 10.2 Å². The van der Waals surface area contributed by atoms with Crippen LogP contribution < -0.4 is 15.5 Å². The Bertz CT molecular complexity index is 1010. The standard InChI is InChI=1S/C19H18ClN5O2S/c1-11-22-23-19-25(11)24-16(12-6-8-15(27-2)9-7-12)17(28-19)18(26)21-14-5-3-4-13(20)10-14/h3-10,16-17,24H,1-2H3,(H,21,26). The first-order valence-corrected chi connectivity index (χ1v) is 9.86. The third kappa shape index (κ3) is 3.65. The molecule has 28 heavy (non-hydrogen) atoms. The lowest BCUT2D eigenvalue weighted by atomic mass is 10.0. The van der Waals surface area contributed by atoms with E-state index in [1.807, 2.05) is 35.9 Å². The second-order valence-corrected chi connectivity index (χ2v) is 7.83. The summed E-state index contributed by atoms with van der Waals surface area (Å²) in [5, 5.41) is 12.0. The van der Waals surface area contributed by atoms with Crippen molar-refractivity contribution in [2.24, 2.45) is 0 Å². The Labute approximate surface area is 171 Å². The molecule has 0 saturated carbocycles. The van der Waals surface area contributed by atoms with Gasteiger partial charge in [0.05, 0.1) is 13.2 Å². The molecule has 2 aromatic carbocycles. The van der Waals surface area contributed by atoms with Crippen molar-refractivity contribution in [3.63, 3.8) is 0 Å². The van der Waals surface area contributed by atoms with Crippen molar-refractivity contribution in [2.75, 3.05) is 17.9 Å². The predicted molar refractivity (Wildman–Crippen MR) is 110 cm³/mol. The number of halogens is 1. The lowest BCUT2D eigenvalue weighted by Gasteiger charge is -2.32. The number of aromatic nitrogens is 3. The van der Waals surface area contributed by atoms with Crippen LogP contribution in [-0.4, -0.2) is 33.1 Å². The Hall–Kier alpha value is -2.71. The van der Waals surface area contributed by atoms with Crippen LogP contribution in [0.3, 0.4) is 0 Å². The van der Waals surface area contributed by atoms with E-state index >= 15 is 0 Å². The van der Waals surface area contributed by atoms with E-state index in [4.69, 9.17) is 16.3 Å². The molecule has 1 aliphatic rings. The smallest absolute Gasteiger partial charge is 0.240 e. The van der Waals surface area contributed by atoms with E-state index in [1.54, 1.807) is 31.4 Å². The molecule has 144 valence electrons. The largest absolute Gasteiger partial charge is 0.497 e. The Morgan fingerprint density at radius 2 is 2.04 bits per heavy atom. The van der Waals surface area contributed by atoms with Gasteiger partial charge >= 0.3 is 0 Å². The quantitative estimate of drug-likeness (QED) is 0.677. The van der Waals surface area contributed by atoms with E-state index in [0.29, 0.717) is 15.9 Å². The van der Waals surface area contributed by atoms with Crippen LogP contribution in [0.25, 0.3) is 0 Å². The van der Waals surface area contributed by atoms with Crippen molar-refractivity contribution in [1.82, 2.24) is 14.9 Å². The number of amides is 1. The van der Waals surface area contributed by atoms with E-state index in [1.165, 1.54) is 11.8 Å². The number of nitrogens with one attached hydrogen (secondary N) is 2. The fraction of sp³-hybridized carbons (Fsp3) is 0.211. The van der Waals surface area contributed by atoms with Gasteiger partial charge < -0.3 is 15.5 Å². The second kappa shape index (κ2) is 7.73. The van der Waals surface area contributed by atoms with Crippen molar-refractivity contribution < 1.29 is 9.53 Å². The van der Waals surface area contributed by atoms with Gasteiger partial charge in [0.1, 0.15) is 16.8 Å². The van der Waals surface area contributed by atoms with Crippen molar-refractivity contribution in [2.45, 2.75) is 23.4 Å². The zero-order chi connectivity index (χ0) is 19.7. The molecular weight excluding hydrogens is 398 g/mol. The summed E-state index contributed by atoms with van der Waals surface area (Å²) in [6, 6.07) is 14.4. The fourth-order valence-corrected chi connectivity index (χ4v) is 4.32. The third-order valence-electron chi connectivity index (χ3n) is 4.42. The van der Waals surface area contributed by atoms with Crippen molar-refractivity contribution >= 4 is 35.0 Å². The average molecular weight is 416 g/mol. The lowest BCUT2D eigenvalue weighted by molar-refractivity contribution is -0.116. The molecule has 9 heteroatoms. The first-order chi connectivity index (χ1) is 13.5. The molecule has 1 aromatic heterocycles. The van der Waals surface area contributed by atoms with Gasteiger partial charge in [-0.2, -0.15) is 0 Å². The maximum absolute atomic E-state index is 13.1. The summed E-state index contributed by atoms with van der Waals surface area (Å²) in [5.74, 6) is 1.34. The molecule has 0 saturated heterocycles. The number of ether oxygens (including phenoxy) is 1. The minimum Gasteiger partial charge on any atom is -0.497 e. The van der Waals surface area contributed by atoms with Crippen molar-refractivity contribution in [1.29, 1.82) is 0 Å². The number of methoxy groups -OCH3 is 1. The van der Waals surface area contributed by atoms with Crippen LogP contribution in [0.1, 0.15) is 17.4 Å². The van der Waals surface area contributed by atoms with Gasteiger partial charge in [0.15, 0.2) is 0 Å². The van der Waals surface area contributed by atoms with Gasteiger partial charge in [0, 0.05) is 10.7 Å². The number of hydrogen-bond donors (Lipinski definition) is 2. The van der Waals surface area contributed by atoms with Crippen LogP contribution in [0, 0.1) is 6.92 Å². The first-order valence-electron chi connectivity index (χ1n) is 8.61. The fourth-order valence-electron chi connectivity index (χ4n) is 3.00. The number of thioether (sulfide) groups is 1. The minimum atomic E-state index is -0.455. The van der Waals surface area contributed by atoms with Gasteiger partial charge in [-0.3, -0.25) is 4.79 Å². The van der Waals surface area contributed by atoms with E-state index in [2.05, 4.69) is 20.9 Å². The molecule has 2 heterocycles. The highest BCUT2D eigenvalue weighted by Gasteiger charge is 2.37. The van der Waals surface area contributed by atoms with Crippen LogP contribution in [-0.2, 0) is 4.79 Å². The lowest BCUT2D eigenvalue weighted by Crippen LogP contribution is -2.41. The second-order valence-electron chi connectivity index (χ2n) is 6.28. The topological polar surface area (TPSA) is 81.1 Å². The maximum Gasteiger partial charge on any atom is 0.240 e. The third-order valence-corrected chi connectivity index (χ3v) is 5.87. The molecule has 4 rings (SSSR count). The van der Waals surface area contributed by atoms with E-state index in [0.717, 1.165) is 17.1 Å². The molecule has 1 amide bonds. The number of carbonyl (C=O) groups is 1. The molecule has 0 radical (unpaired) electrons. The molecule has 2 unspecified atom stereocenters. The average Bonchev–Trinajstić information content (AvgIpc) is 3.07. The summed E-state index contributed by atoms with van der Waals surface area (Å²) >= 11 is 7.41. The first kappa shape index (κ1) is 18.6. The van der Waals surface area contributed by atoms with Crippen LogP contribution in [0.4, 0.5) is 5.69 Å². The Morgan fingerprint density at radius 3 is 2.75 bits per heavy atom. The van der Waals surface area contributed by atoms with Crippen molar-refractivity contribution in [3.8, 4) is 5.75 Å². The monoisotopic (exact) mass is 415 g/mol. The van der Waals surface area contributed by atoms with E-state index in [9.17, 15) is 4.79 Å². The number of aryl methyl sites for hydroxylation is 1. The van der Waals surface area contributed by atoms with Gasteiger partial charge in [0.2, 0.25) is 11.1 Å². The maximum atomic E-state index is 13.1. The summed E-state index contributed by atoms with van der Waals surface area (Å²) in [6.07, 6.45) is 0. The number of benzene rings is 2. The van der Waals surface area contributed by atoms with Gasteiger partial charge in [-0.25, -0.2) is 4.68 Å². The van der Waals surface area contributed by atoms with Crippen LogP contribution in [0.15, 0.2) is 53.7 Å². The molecule has 0 fully saturated rings. The SMILES string of the molecule is COc1ccc(C2Nn3c(C)nnc3SC2C(=O)Nc2cccc(Cl)c2)cc1. The molecule has 0 aliphatic carbocycles. The molecule has 7 nitrogen and oxygen atoms in total. The zero-order valence-corrected chi connectivity index (χ0v) is 16.8. The summed E-state index contributed by atoms with van der Waals surface area (Å²) in [7, 11) is 1.62. The van der Waals surface area contributed by atoms with Gasteiger partial charge in [-0.1, -0.05) is 41.6 Å². The zero-order valence-electron chi connectivity index (χ0n) is 15.2. The summed E-state index contributed by atoms with van der Waals surface area (Å²) in [5.41, 5.74) is 4.98. The number of fused-ring (bicyclic) bond motifs is 1. The molecular formula is C19H18ClN5O2S. The molecule has 2 atom stereocenters. The normalized spacial score (nSPS) is 18.1. The number of rotatable bonds is 4. The Kier molecular flexibility index (Phi) is 5.15. The highest BCUT2D eigenvalue weighted by Crippen LogP contribution is 2.38.